The van der Waals surface area contributed by atoms with Crippen LogP contribution in [0.1, 0.15) is 5.69 Å². The van der Waals surface area contributed by atoms with Crippen LogP contribution in [0.15, 0.2) is 28.2 Å². The molecule has 0 aromatic carbocycles. The Balaban J connectivity index is 2.03. The Morgan fingerprint density at radius 2 is 2.44 bits per heavy atom. The van der Waals surface area contributed by atoms with E-state index in [0.717, 1.165) is 23.7 Å². The smallest absolute Gasteiger partial charge is 0.236 e. The monoisotopic (exact) mass is 237 g/mol. The van der Waals surface area contributed by atoms with Gasteiger partial charge in [0.2, 0.25) is 5.89 Å². The highest BCUT2D eigenvalue weighted by Crippen LogP contribution is 2.23. The molecule has 0 aliphatic carbocycles. The van der Waals surface area contributed by atoms with Gasteiger partial charge in [0.05, 0.1) is 10.6 Å². The van der Waals surface area contributed by atoms with Gasteiger partial charge < -0.3 is 10.2 Å². The largest absolute Gasteiger partial charge is 0.444 e. The minimum Gasteiger partial charge on any atom is -0.444 e. The minimum atomic E-state index is 0.659. The molecule has 0 radical (unpaired) electrons. The predicted molar refractivity (Wildman–Crippen MR) is 65.2 cm³/mol. The first-order chi connectivity index (χ1) is 7.79. The highest BCUT2D eigenvalue weighted by molar-refractivity contribution is 7.13. The van der Waals surface area contributed by atoms with Crippen molar-refractivity contribution in [1.29, 1.82) is 0 Å². The summed E-state index contributed by atoms with van der Waals surface area (Å²) in [5, 5.41) is 2.01. The van der Waals surface area contributed by atoms with Crippen molar-refractivity contribution in [2.24, 2.45) is 5.73 Å². The zero-order chi connectivity index (χ0) is 11.4. The number of rotatable bonds is 5. The number of thiophene rings is 1. The predicted octanol–water partition coefficient (Wildman–Crippen LogP) is 1.79. The summed E-state index contributed by atoms with van der Waals surface area (Å²) < 4.78 is 5.43. The van der Waals surface area contributed by atoms with E-state index < -0.39 is 0 Å². The average Bonchev–Trinajstić information content (AvgIpc) is 2.86. The maximum absolute atomic E-state index is 5.48. The van der Waals surface area contributed by atoms with Gasteiger partial charge in [0.25, 0.3) is 0 Å². The third kappa shape index (κ3) is 2.69. The highest BCUT2D eigenvalue weighted by atomic mass is 32.1. The first-order valence-corrected chi connectivity index (χ1v) is 6.04. The van der Waals surface area contributed by atoms with E-state index in [1.807, 2.05) is 24.6 Å². The maximum atomic E-state index is 5.48. The van der Waals surface area contributed by atoms with Crippen molar-refractivity contribution in [3.63, 3.8) is 0 Å². The summed E-state index contributed by atoms with van der Waals surface area (Å²) in [5.41, 5.74) is 6.43. The Morgan fingerprint density at radius 3 is 3.12 bits per heavy atom. The number of aromatic nitrogens is 1. The molecular weight excluding hydrogens is 222 g/mol. The van der Waals surface area contributed by atoms with Crippen molar-refractivity contribution in [3.05, 3.63) is 29.5 Å². The van der Waals surface area contributed by atoms with E-state index in [1.165, 1.54) is 0 Å². The van der Waals surface area contributed by atoms with Crippen LogP contribution in [-0.2, 0) is 6.54 Å². The standard InChI is InChI=1S/C11H15N3OS/c1-14(5-4-12)7-9-8-15-11(13-9)10-3-2-6-16-10/h2-3,6,8H,4-5,7,12H2,1H3. The van der Waals surface area contributed by atoms with Crippen LogP contribution in [0.4, 0.5) is 0 Å². The highest BCUT2D eigenvalue weighted by Gasteiger charge is 2.08. The molecular formula is C11H15N3OS. The molecule has 0 saturated carbocycles. The molecule has 0 unspecified atom stereocenters. The molecule has 2 aromatic rings. The van der Waals surface area contributed by atoms with Crippen molar-refractivity contribution in [2.75, 3.05) is 20.1 Å². The Labute approximate surface area is 98.7 Å². The van der Waals surface area contributed by atoms with Gasteiger partial charge in [-0.05, 0) is 18.5 Å². The fourth-order valence-corrected chi connectivity index (χ4v) is 2.12. The Bertz CT molecular complexity index is 424. The molecule has 2 rings (SSSR count). The van der Waals surface area contributed by atoms with Crippen molar-refractivity contribution < 1.29 is 4.42 Å². The van der Waals surface area contributed by atoms with Gasteiger partial charge in [-0.15, -0.1) is 11.3 Å². The first-order valence-electron chi connectivity index (χ1n) is 5.16. The summed E-state index contributed by atoms with van der Waals surface area (Å²) in [7, 11) is 2.02. The molecule has 0 spiro atoms. The van der Waals surface area contributed by atoms with Gasteiger partial charge in [-0.1, -0.05) is 6.07 Å². The van der Waals surface area contributed by atoms with Gasteiger partial charge in [0, 0.05) is 19.6 Å². The molecule has 0 fully saturated rings. The van der Waals surface area contributed by atoms with Gasteiger partial charge in [-0.3, -0.25) is 4.90 Å². The molecule has 0 bridgehead atoms. The van der Waals surface area contributed by atoms with Crippen molar-refractivity contribution >= 4 is 11.3 Å². The van der Waals surface area contributed by atoms with Crippen molar-refractivity contribution in [1.82, 2.24) is 9.88 Å². The lowest BCUT2D eigenvalue weighted by Crippen LogP contribution is -2.25. The fraction of sp³-hybridized carbons (Fsp3) is 0.364. The summed E-state index contributed by atoms with van der Waals surface area (Å²) in [6, 6.07) is 3.99. The van der Waals surface area contributed by atoms with Gasteiger partial charge in [-0.25, -0.2) is 4.98 Å². The van der Waals surface area contributed by atoms with Crippen LogP contribution in [0, 0.1) is 0 Å². The van der Waals surface area contributed by atoms with Gasteiger partial charge in [0.1, 0.15) is 6.26 Å². The van der Waals surface area contributed by atoms with E-state index in [9.17, 15) is 0 Å². The molecule has 0 amide bonds. The van der Waals surface area contributed by atoms with Crippen LogP contribution in [0.25, 0.3) is 10.8 Å². The quantitative estimate of drug-likeness (QED) is 0.861. The van der Waals surface area contributed by atoms with Crippen LogP contribution in [-0.4, -0.2) is 30.0 Å². The molecule has 5 heteroatoms. The number of likely N-dealkylation sites (N-methyl/N-ethyl adjacent to an activating group) is 1. The number of nitrogens with zero attached hydrogens (tertiary/aromatic N) is 2. The second-order valence-corrected chi connectivity index (χ2v) is 4.60. The molecule has 2 N–H and O–H groups in total. The van der Waals surface area contributed by atoms with Crippen LogP contribution < -0.4 is 5.73 Å². The Hall–Kier alpha value is -1.17. The molecule has 0 aliphatic heterocycles. The van der Waals surface area contributed by atoms with Gasteiger partial charge in [-0.2, -0.15) is 0 Å². The number of oxazole rings is 1. The second-order valence-electron chi connectivity index (χ2n) is 3.65. The van der Waals surface area contributed by atoms with E-state index in [0.29, 0.717) is 12.4 Å². The van der Waals surface area contributed by atoms with Crippen LogP contribution in [0.3, 0.4) is 0 Å². The summed E-state index contributed by atoms with van der Waals surface area (Å²) in [4.78, 5) is 7.62. The zero-order valence-corrected chi connectivity index (χ0v) is 10.0. The van der Waals surface area contributed by atoms with E-state index in [2.05, 4.69) is 9.88 Å². The molecule has 4 nitrogen and oxygen atoms in total. The number of hydrogen-bond acceptors (Lipinski definition) is 5. The molecule has 2 heterocycles. The lowest BCUT2D eigenvalue weighted by Gasteiger charge is -2.12. The third-order valence-corrected chi connectivity index (χ3v) is 3.08. The van der Waals surface area contributed by atoms with E-state index in [1.54, 1.807) is 17.6 Å². The summed E-state index contributed by atoms with van der Waals surface area (Å²) in [5.74, 6) is 0.700. The summed E-state index contributed by atoms with van der Waals surface area (Å²) >= 11 is 1.63. The van der Waals surface area contributed by atoms with E-state index in [-0.39, 0.29) is 0 Å². The molecule has 16 heavy (non-hydrogen) atoms. The lowest BCUT2D eigenvalue weighted by molar-refractivity contribution is 0.332. The summed E-state index contributed by atoms with van der Waals surface area (Å²) in [6.07, 6.45) is 1.71. The zero-order valence-electron chi connectivity index (χ0n) is 9.22. The molecule has 0 saturated heterocycles. The first kappa shape index (κ1) is 11.3. The molecule has 0 atom stereocenters. The molecule has 2 aromatic heterocycles. The van der Waals surface area contributed by atoms with Crippen LogP contribution in [0.5, 0.6) is 0 Å². The van der Waals surface area contributed by atoms with Gasteiger partial charge >= 0.3 is 0 Å². The normalized spacial score (nSPS) is 11.2. The SMILES string of the molecule is CN(CCN)Cc1coc(-c2cccs2)n1. The topological polar surface area (TPSA) is 55.3 Å². The molecule has 0 aliphatic rings. The van der Waals surface area contributed by atoms with Crippen molar-refractivity contribution in [3.8, 4) is 10.8 Å². The minimum absolute atomic E-state index is 0.659. The van der Waals surface area contributed by atoms with Crippen LogP contribution in [0.2, 0.25) is 0 Å². The maximum Gasteiger partial charge on any atom is 0.236 e. The van der Waals surface area contributed by atoms with Gasteiger partial charge in [0.15, 0.2) is 0 Å². The van der Waals surface area contributed by atoms with E-state index >= 15 is 0 Å². The van der Waals surface area contributed by atoms with Crippen molar-refractivity contribution in [2.45, 2.75) is 6.54 Å². The van der Waals surface area contributed by atoms with Crippen LogP contribution >= 0.6 is 11.3 Å². The second kappa shape index (κ2) is 5.25. The lowest BCUT2D eigenvalue weighted by atomic mass is 10.4. The average molecular weight is 237 g/mol. The summed E-state index contributed by atoms with van der Waals surface area (Å²) in [6.45, 7) is 2.29. The number of hydrogen-bond donors (Lipinski definition) is 1. The third-order valence-electron chi connectivity index (χ3n) is 2.23. The number of nitrogens with two attached hydrogens (primary N) is 1. The fourth-order valence-electron chi connectivity index (χ4n) is 1.47. The van der Waals surface area contributed by atoms with E-state index in [4.69, 9.17) is 10.2 Å². The Morgan fingerprint density at radius 1 is 1.56 bits per heavy atom. The molecule has 86 valence electrons. The Kier molecular flexibility index (Phi) is 3.71.